The van der Waals surface area contributed by atoms with E-state index in [1.807, 2.05) is 6.08 Å². The second-order valence-corrected chi connectivity index (χ2v) is 8.26. The number of aliphatic carboxylic acids is 1. The molecule has 6 nitrogen and oxygen atoms in total. The molecule has 1 aliphatic carbocycles. The molecule has 0 radical (unpaired) electrons. The summed E-state index contributed by atoms with van der Waals surface area (Å²) >= 11 is 0. The van der Waals surface area contributed by atoms with Gasteiger partial charge in [-0.25, -0.2) is 0 Å². The van der Waals surface area contributed by atoms with Crippen LogP contribution in [0.2, 0.25) is 0 Å². The summed E-state index contributed by atoms with van der Waals surface area (Å²) in [5.41, 5.74) is 0. The summed E-state index contributed by atoms with van der Waals surface area (Å²) in [5.74, 6) is -1.55. The summed E-state index contributed by atoms with van der Waals surface area (Å²) in [6.45, 7) is 3.20. The van der Waals surface area contributed by atoms with Gasteiger partial charge in [0.05, 0.1) is 25.2 Å². The highest BCUT2D eigenvalue weighted by molar-refractivity contribution is 5.89. The molecule has 0 aromatic rings. The number of carboxylic acid groups (broad SMARTS) is 1. The van der Waals surface area contributed by atoms with Crippen molar-refractivity contribution in [2.45, 2.75) is 83.3 Å². The minimum atomic E-state index is -0.752. The van der Waals surface area contributed by atoms with E-state index in [2.05, 4.69) is 13.0 Å². The number of ketones is 1. The van der Waals surface area contributed by atoms with Crippen LogP contribution in [0.4, 0.5) is 0 Å². The predicted molar refractivity (Wildman–Crippen MR) is 109 cm³/mol. The van der Waals surface area contributed by atoms with Crippen molar-refractivity contribution in [1.29, 1.82) is 5.26 Å². The molecule has 1 N–H and O–H groups in total. The first-order valence-electron chi connectivity index (χ1n) is 11.1. The molecular formula is C23H35NO5. The molecule has 1 saturated carbocycles. The molecule has 2 aliphatic rings. The molecule has 1 saturated heterocycles. The highest BCUT2D eigenvalue weighted by Crippen LogP contribution is 2.51. The topological polar surface area (TPSA) is 96.6 Å². The van der Waals surface area contributed by atoms with E-state index in [0.717, 1.165) is 44.9 Å². The van der Waals surface area contributed by atoms with Gasteiger partial charge in [-0.05, 0) is 25.3 Å². The average Bonchev–Trinajstić information content (AvgIpc) is 3.28. The molecule has 0 aromatic heterocycles. The molecule has 1 heterocycles. The van der Waals surface area contributed by atoms with Crippen LogP contribution in [0, 0.1) is 29.1 Å². The molecule has 2 rings (SSSR count). The zero-order valence-corrected chi connectivity index (χ0v) is 17.6. The number of nitriles is 1. The van der Waals surface area contributed by atoms with Crippen LogP contribution in [0.3, 0.4) is 0 Å². The Kier molecular flexibility index (Phi) is 9.83. The highest BCUT2D eigenvalue weighted by atomic mass is 16.7. The van der Waals surface area contributed by atoms with E-state index in [0.29, 0.717) is 32.5 Å². The lowest BCUT2D eigenvalue weighted by molar-refractivity contribution is -0.186. The van der Waals surface area contributed by atoms with E-state index in [1.54, 1.807) is 6.08 Å². The third-order valence-corrected chi connectivity index (χ3v) is 6.13. The first kappa shape index (κ1) is 23.6. The van der Waals surface area contributed by atoms with Crippen molar-refractivity contribution in [1.82, 2.24) is 0 Å². The summed E-state index contributed by atoms with van der Waals surface area (Å²) in [7, 11) is 0. The number of rotatable bonds is 13. The van der Waals surface area contributed by atoms with Gasteiger partial charge in [0.25, 0.3) is 0 Å². The minimum Gasteiger partial charge on any atom is -0.481 e. The molecule has 6 heteroatoms. The van der Waals surface area contributed by atoms with Crippen LogP contribution in [0.25, 0.3) is 0 Å². The third-order valence-electron chi connectivity index (χ3n) is 6.13. The van der Waals surface area contributed by atoms with Gasteiger partial charge in [-0.2, -0.15) is 5.26 Å². The lowest BCUT2D eigenvalue weighted by atomic mass is 9.84. The number of carboxylic acids is 1. The van der Waals surface area contributed by atoms with Crippen LogP contribution in [-0.4, -0.2) is 35.9 Å². The first-order chi connectivity index (χ1) is 14.0. The Morgan fingerprint density at radius 1 is 1.10 bits per heavy atom. The number of hydrogen-bond acceptors (Lipinski definition) is 5. The maximum Gasteiger partial charge on any atom is 0.303 e. The molecule has 1 aliphatic heterocycles. The van der Waals surface area contributed by atoms with Crippen molar-refractivity contribution < 1.29 is 24.2 Å². The van der Waals surface area contributed by atoms with E-state index >= 15 is 0 Å². The maximum atomic E-state index is 12.2. The van der Waals surface area contributed by atoms with Gasteiger partial charge in [0.2, 0.25) is 0 Å². The number of nitrogens with zero attached hydrogens (tertiary/aromatic N) is 1. The number of ether oxygens (including phenoxy) is 2. The molecule has 162 valence electrons. The zero-order valence-electron chi connectivity index (χ0n) is 17.6. The molecule has 0 aromatic carbocycles. The Balaban J connectivity index is 1.98. The minimum absolute atomic E-state index is 0.0488. The SMILES string of the molecule is CCCCCC(=O)C=C[C@@H]1[C@@H](C#N)CC2(OCCO2)[C@H]1CCCCCCC(=O)O. The molecule has 0 bridgehead atoms. The van der Waals surface area contributed by atoms with Gasteiger partial charge in [-0.15, -0.1) is 0 Å². The van der Waals surface area contributed by atoms with E-state index in [4.69, 9.17) is 14.6 Å². The standard InChI is InChI=1S/C23H35NO5/c1-2-3-6-9-19(25)12-13-20-18(17-24)16-23(28-14-15-29-23)21(20)10-7-4-5-8-11-22(26)27/h12-13,18,20-21H,2-11,14-16H2,1H3,(H,26,27)/t18-,20-,21+/m1/s1. The van der Waals surface area contributed by atoms with Gasteiger partial charge in [0.1, 0.15) is 0 Å². The highest BCUT2D eigenvalue weighted by Gasteiger charge is 2.56. The van der Waals surface area contributed by atoms with E-state index in [1.165, 1.54) is 0 Å². The van der Waals surface area contributed by atoms with Crippen molar-refractivity contribution in [2.24, 2.45) is 17.8 Å². The lowest BCUT2D eigenvalue weighted by Crippen LogP contribution is -2.36. The van der Waals surface area contributed by atoms with E-state index in [9.17, 15) is 14.9 Å². The van der Waals surface area contributed by atoms with Crippen molar-refractivity contribution in [3.8, 4) is 6.07 Å². The fourth-order valence-electron chi connectivity index (χ4n) is 4.63. The molecule has 2 fully saturated rings. The summed E-state index contributed by atoms with van der Waals surface area (Å²) in [4.78, 5) is 22.8. The van der Waals surface area contributed by atoms with Gasteiger partial charge in [-0.1, -0.05) is 45.1 Å². The quantitative estimate of drug-likeness (QED) is 0.354. The largest absolute Gasteiger partial charge is 0.481 e. The van der Waals surface area contributed by atoms with Crippen LogP contribution in [-0.2, 0) is 19.1 Å². The van der Waals surface area contributed by atoms with Crippen molar-refractivity contribution in [3.63, 3.8) is 0 Å². The Labute approximate surface area is 174 Å². The van der Waals surface area contributed by atoms with Gasteiger partial charge >= 0.3 is 5.97 Å². The number of hydrogen-bond donors (Lipinski definition) is 1. The molecule has 3 atom stereocenters. The average molecular weight is 406 g/mol. The molecule has 1 spiro atoms. The number of unbranched alkanes of at least 4 members (excludes halogenated alkanes) is 5. The summed E-state index contributed by atoms with van der Waals surface area (Å²) in [6.07, 6.45) is 12.3. The second-order valence-electron chi connectivity index (χ2n) is 8.26. The van der Waals surface area contributed by atoms with Crippen LogP contribution in [0.15, 0.2) is 12.2 Å². The third kappa shape index (κ3) is 6.94. The number of carbonyl (C=O) groups is 2. The smallest absolute Gasteiger partial charge is 0.303 e. The van der Waals surface area contributed by atoms with Crippen LogP contribution >= 0.6 is 0 Å². The Morgan fingerprint density at radius 3 is 2.45 bits per heavy atom. The monoisotopic (exact) mass is 405 g/mol. The molecule has 29 heavy (non-hydrogen) atoms. The zero-order chi connectivity index (χ0) is 21.1. The van der Waals surface area contributed by atoms with E-state index < -0.39 is 11.8 Å². The predicted octanol–water partition coefficient (Wildman–Crippen LogP) is 4.64. The number of carbonyl (C=O) groups excluding carboxylic acids is 1. The molecular weight excluding hydrogens is 370 g/mol. The number of allylic oxidation sites excluding steroid dienone is 2. The van der Waals surface area contributed by atoms with Crippen LogP contribution in [0.1, 0.15) is 77.6 Å². The van der Waals surface area contributed by atoms with Gasteiger partial charge in [0, 0.05) is 31.1 Å². The normalized spacial score (nSPS) is 25.6. The van der Waals surface area contributed by atoms with Crippen molar-refractivity contribution in [2.75, 3.05) is 13.2 Å². The van der Waals surface area contributed by atoms with Gasteiger partial charge < -0.3 is 14.6 Å². The maximum absolute atomic E-state index is 12.2. The fourth-order valence-corrected chi connectivity index (χ4v) is 4.63. The molecule has 0 unspecified atom stereocenters. The van der Waals surface area contributed by atoms with E-state index in [-0.39, 0.29) is 30.0 Å². The fraction of sp³-hybridized carbons (Fsp3) is 0.783. The van der Waals surface area contributed by atoms with Crippen molar-refractivity contribution in [3.05, 3.63) is 12.2 Å². The summed E-state index contributed by atoms with van der Waals surface area (Å²) in [6, 6.07) is 2.41. The lowest BCUT2D eigenvalue weighted by Gasteiger charge is -2.31. The first-order valence-corrected chi connectivity index (χ1v) is 11.1. The Morgan fingerprint density at radius 2 is 1.79 bits per heavy atom. The molecule has 0 amide bonds. The second kappa shape index (κ2) is 12.1. The Hall–Kier alpha value is -1.71. The van der Waals surface area contributed by atoms with Crippen LogP contribution in [0.5, 0.6) is 0 Å². The summed E-state index contributed by atoms with van der Waals surface area (Å²) < 4.78 is 12.0. The van der Waals surface area contributed by atoms with Crippen molar-refractivity contribution >= 4 is 11.8 Å². The summed E-state index contributed by atoms with van der Waals surface area (Å²) in [5, 5.41) is 18.4. The Bertz CT molecular complexity index is 603. The van der Waals surface area contributed by atoms with Gasteiger partial charge in [0.15, 0.2) is 11.6 Å². The van der Waals surface area contributed by atoms with Crippen LogP contribution < -0.4 is 0 Å². The van der Waals surface area contributed by atoms with Gasteiger partial charge in [-0.3, -0.25) is 9.59 Å².